The molecule has 1 saturated heterocycles. The summed E-state index contributed by atoms with van der Waals surface area (Å²) in [5.74, 6) is -0.350. The number of nitrogen functional groups attached to an aromatic ring is 1. The number of carbonyl (C=O) groups is 2. The number of nitrogens with two attached hydrogens (primary N) is 1. The molecule has 1 aromatic rings. The molecule has 78 valence electrons. The highest BCUT2D eigenvalue weighted by Gasteiger charge is 2.43. The van der Waals surface area contributed by atoms with Crippen LogP contribution in [0.3, 0.4) is 0 Å². The summed E-state index contributed by atoms with van der Waals surface area (Å²) >= 11 is 0. The van der Waals surface area contributed by atoms with Crippen LogP contribution in [0.4, 0.5) is 10.5 Å². The smallest absolute Gasteiger partial charge is 0.322 e. The van der Waals surface area contributed by atoms with E-state index in [1.165, 1.54) is 0 Å². The van der Waals surface area contributed by atoms with Crippen molar-refractivity contribution in [2.75, 3.05) is 5.73 Å². The lowest BCUT2D eigenvalue weighted by Crippen LogP contribution is -2.40. The van der Waals surface area contributed by atoms with Gasteiger partial charge in [-0.1, -0.05) is 12.1 Å². The van der Waals surface area contributed by atoms with Crippen LogP contribution >= 0.6 is 0 Å². The van der Waals surface area contributed by atoms with Gasteiger partial charge >= 0.3 is 6.03 Å². The molecule has 0 aromatic heterocycles. The third-order valence-electron chi connectivity index (χ3n) is 2.53. The first kappa shape index (κ1) is 9.51. The number of hydrogen-bond acceptors (Lipinski definition) is 3. The van der Waals surface area contributed by atoms with E-state index in [1.807, 2.05) is 0 Å². The van der Waals surface area contributed by atoms with Crippen molar-refractivity contribution in [2.45, 2.75) is 12.5 Å². The number of urea groups is 1. The van der Waals surface area contributed by atoms with E-state index in [2.05, 4.69) is 10.6 Å². The van der Waals surface area contributed by atoms with E-state index in [4.69, 9.17) is 5.73 Å². The Kier molecular flexibility index (Phi) is 1.89. The third-order valence-corrected chi connectivity index (χ3v) is 2.53. The Bertz CT molecular complexity index is 427. The van der Waals surface area contributed by atoms with Gasteiger partial charge in [0.2, 0.25) is 0 Å². The maximum absolute atomic E-state index is 11.6. The van der Waals surface area contributed by atoms with Gasteiger partial charge in [-0.05, 0) is 24.6 Å². The SMILES string of the molecule is C[C@]1(c2ccc(N)cc2)NC(=O)NC1=O. The molecule has 0 unspecified atom stereocenters. The largest absolute Gasteiger partial charge is 0.399 e. The Balaban J connectivity index is 2.41. The van der Waals surface area contributed by atoms with Crippen LogP contribution < -0.4 is 16.4 Å². The molecule has 5 nitrogen and oxygen atoms in total. The predicted octanol–water partition coefficient (Wildman–Crippen LogP) is 0.323. The minimum atomic E-state index is -0.995. The zero-order chi connectivity index (χ0) is 11.1. The number of imide groups is 1. The Hall–Kier alpha value is -2.04. The molecule has 1 aliphatic rings. The molecule has 1 atom stereocenters. The zero-order valence-electron chi connectivity index (χ0n) is 8.20. The number of amides is 3. The highest BCUT2D eigenvalue weighted by atomic mass is 16.2. The van der Waals surface area contributed by atoms with Crippen LogP contribution in [0.1, 0.15) is 12.5 Å². The van der Waals surface area contributed by atoms with Crippen LogP contribution in [0.25, 0.3) is 0 Å². The van der Waals surface area contributed by atoms with Crippen molar-refractivity contribution in [1.29, 1.82) is 0 Å². The molecule has 1 heterocycles. The molecule has 2 rings (SSSR count). The molecule has 1 aromatic carbocycles. The average Bonchev–Trinajstić information content (AvgIpc) is 2.42. The Morgan fingerprint density at radius 1 is 1.20 bits per heavy atom. The Morgan fingerprint density at radius 3 is 2.27 bits per heavy atom. The molecule has 1 fully saturated rings. The van der Waals surface area contributed by atoms with E-state index in [9.17, 15) is 9.59 Å². The highest BCUT2D eigenvalue weighted by Crippen LogP contribution is 2.24. The van der Waals surface area contributed by atoms with E-state index in [0.717, 1.165) is 0 Å². The quantitative estimate of drug-likeness (QED) is 0.456. The van der Waals surface area contributed by atoms with Gasteiger partial charge in [0.25, 0.3) is 5.91 Å². The van der Waals surface area contributed by atoms with Crippen LogP contribution in [0.2, 0.25) is 0 Å². The summed E-state index contributed by atoms with van der Waals surface area (Å²) in [7, 11) is 0. The fourth-order valence-corrected chi connectivity index (χ4v) is 1.56. The predicted molar refractivity (Wildman–Crippen MR) is 54.9 cm³/mol. The summed E-state index contributed by atoms with van der Waals surface area (Å²) in [6, 6.07) is 6.36. The first-order valence-corrected chi connectivity index (χ1v) is 4.52. The molecule has 0 radical (unpaired) electrons. The fourth-order valence-electron chi connectivity index (χ4n) is 1.56. The van der Waals surface area contributed by atoms with Crippen molar-refractivity contribution in [2.24, 2.45) is 0 Å². The molecule has 0 saturated carbocycles. The first-order chi connectivity index (χ1) is 7.02. The maximum Gasteiger partial charge on any atom is 0.322 e. The van der Waals surface area contributed by atoms with E-state index in [0.29, 0.717) is 11.3 Å². The van der Waals surface area contributed by atoms with Crippen LogP contribution in [-0.4, -0.2) is 11.9 Å². The van der Waals surface area contributed by atoms with Crippen LogP contribution in [0.5, 0.6) is 0 Å². The number of hydrogen-bond donors (Lipinski definition) is 3. The number of nitrogens with one attached hydrogen (secondary N) is 2. The van der Waals surface area contributed by atoms with Crippen molar-refractivity contribution in [3.8, 4) is 0 Å². The van der Waals surface area contributed by atoms with Gasteiger partial charge in [-0.25, -0.2) is 4.79 Å². The molecule has 0 aliphatic carbocycles. The van der Waals surface area contributed by atoms with E-state index in [1.54, 1.807) is 31.2 Å². The summed E-state index contributed by atoms with van der Waals surface area (Å²) in [5.41, 5.74) is 5.87. The van der Waals surface area contributed by atoms with Gasteiger partial charge in [-0.3, -0.25) is 10.1 Å². The van der Waals surface area contributed by atoms with Gasteiger partial charge in [0, 0.05) is 5.69 Å². The second-order valence-electron chi connectivity index (χ2n) is 3.66. The molecule has 15 heavy (non-hydrogen) atoms. The molecule has 0 bridgehead atoms. The Morgan fingerprint density at radius 2 is 1.80 bits per heavy atom. The van der Waals surface area contributed by atoms with Gasteiger partial charge in [-0.2, -0.15) is 0 Å². The summed E-state index contributed by atoms with van der Waals surface area (Å²) in [6.07, 6.45) is 0. The summed E-state index contributed by atoms with van der Waals surface area (Å²) < 4.78 is 0. The first-order valence-electron chi connectivity index (χ1n) is 4.52. The summed E-state index contributed by atoms with van der Waals surface area (Å²) in [4.78, 5) is 22.6. The second-order valence-corrected chi connectivity index (χ2v) is 3.66. The summed E-state index contributed by atoms with van der Waals surface area (Å²) in [6.45, 7) is 1.65. The van der Waals surface area contributed by atoms with Crippen LogP contribution in [-0.2, 0) is 10.3 Å². The standard InChI is InChI=1S/C10H11N3O2/c1-10(8(14)12-9(15)13-10)6-2-4-7(11)5-3-6/h2-5H,11H2,1H3,(H2,12,13,14,15)/t10-/m1/s1. The minimum Gasteiger partial charge on any atom is -0.399 e. The van der Waals surface area contributed by atoms with E-state index >= 15 is 0 Å². The van der Waals surface area contributed by atoms with Gasteiger partial charge in [0.05, 0.1) is 0 Å². The van der Waals surface area contributed by atoms with Crippen LogP contribution in [0.15, 0.2) is 24.3 Å². The lowest BCUT2D eigenvalue weighted by molar-refractivity contribution is -0.123. The maximum atomic E-state index is 11.6. The van der Waals surface area contributed by atoms with Gasteiger partial charge in [0.15, 0.2) is 0 Å². The minimum absolute atomic E-state index is 0.350. The average molecular weight is 205 g/mol. The highest BCUT2D eigenvalue weighted by molar-refractivity contribution is 6.07. The van der Waals surface area contributed by atoms with Crippen LogP contribution in [0, 0.1) is 0 Å². The monoisotopic (exact) mass is 205 g/mol. The fraction of sp³-hybridized carbons (Fsp3) is 0.200. The van der Waals surface area contributed by atoms with Crippen molar-refractivity contribution in [1.82, 2.24) is 10.6 Å². The summed E-state index contributed by atoms with van der Waals surface area (Å²) in [5, 5.41) is 4.78. The van der Waals surface area contributed by atoms with Gasteiger partial charge in [-0.15, -0.1) is 0 Å². The molecular weight excluding hydrogens is 194 g/mol. The normalized spacial score (nSPS) is 24.9. The van der Waals surface area contributed by atoms with Gasteiger partial charge in [0.1, 0.15) is 5.54 Å². The van der Waals surface area contributed by atoms with E-state index in [-0.39, 0.29) is 5.91 Å². The molecule has 1 aliphatic heterocycles. The molecule has 5 heteroatoms. The van der Waals surface area contributed by atoms with Crippen molar-refractivity contribution >= 4 is 17.6 Å². The molecular formula is C10H11N3O2. The second kappa shape index (κ2) is 2.98. The number of carbonyl (C=O) groups excluding carboxylic acids is 2. The van der Waals surface area contributed by atoms with Gasteiger partial charge < -0.3 is 11.1 Å². The number of anilines is 1. The molecule has 0 spiro atoms. The third kappa shape index (κ3) is 1.41. The number of rotatable bonds is 1. The molecule has 3 amide bonds. The van der Waals surface area contributed by atoms with Crippen molar-refractivity contribution in [3.63, 3.8) is 0 Å². The van der Waals surface area contributed by atoms with Crippen molar-refractivity contribution in [3.05, 3.63) is 29.8 Å². The van der Waals surface area contributed by atoms with Crippen molar-refractivity contribution < 1.29 is 9.59 Å². The Labute approximate surface area is 86.6 Å². The zero-order valence-corrected chi connectivity index (χ0v) is 8.20. The lowest BCUT2D eigenvalue weighted by Gasteiger charge is -2.20. The van der Waals surface area contributed by atoms with E-state index < -0.39 is 11.6 Å². The molecule has 4 N–H and O–H groups in total. The topological polar surface area (TPSA) is 84.2 Å². The number of benzene rings is 1. The lowest BCUT2D eigenvalue weighted by atomic mass is 9.92.